The number of aromatic nitrogens is 3. The third-order valence-electron chi connectivity index (χ3n) is 5.59. The van der Waals surface area contributed by atoms with Gasteiger partial charge < -0.3 is 14.8 Å². The van der Waals surface area contributed by atoms with Gasteiger partial charge >= 0.3 is 0 Å². The van der Waals surface area contributed by atoms with E-state index in [1.54, 1.807) is 4.68 Å². The molecule has 6 nitrogen and oxygen atoms in total. The Kier molecular flexibility index (Phi) is 5.81. The summed E-state index contributed by atoms with van der Waals surface area (Å²) in [7, 11) is 1.98. The van der Waals surface area contributed by atoms with Crippen molar-refractivity contribution in [1.29, 1.82) is 0 Å². The van der Waals surface area contributed by atoms with Crippen molar-refractivity contribution >= 4 is 5.91 Å². The first-order valence-corrected chi connectivity index (χ1v) is 10.4. The Morgan fingerprint density at radius 3 is 2.55 bits per heavy atom. The SMILES string of the molecule is Cc1ccc(-n2nc(-c3cccn3C)cc2C(=O)NCCN2CCCCC2)cc1. The highest BCUT2D eigenvalue weighted by atomic mass is 16.2. The van der Waals surface area contributed by atoms with Gasteiger partial charge in [0, 0.05) is 26.3 Å². The van der Waals surface area contributed by atoms with Crippen molar-refractivity contribution in [2.24, 2.45) is 7.05 Å². The summed E-state index contributed by atoms with van der Waals surface area (Å²) in [5, 5.41) is 7.85. The van der Waals surface area contributed by atoms with E-state index in [4.69, 9.17) is 5.10 Å². The summed E-state index contributed by atoms with van der Waals surface area (Å²) in [4.78, 5) is 15.4. The number of rotatable bonds is 6. The number of likely N-dealkylation sites (tertiary alicyclic amines) is 1. The minimum Gasteiger partial charge on any atom is -0.349 e. The zero-order valence-corrected chi connectivity index (χ0v) is 17.3. The lowest BCUT2D eigenvalue weighted by atomic mass is 10.1. The molecule has 0 unspecified atom stereocenters. The quantitative estimate of drug-likeness (QED) is 0.701. The largest absolute Gasteiger partial charge is 0.349 e. The molecule has 0 aliphatic carbocycles. The van der Waals surface area contributed by atoms with Gasteiger partial charge in [-0.15, -0.1) is 0 Å². The number of nitrogens with one attached hydrogen (secondary N) is 1. The molecule has 1 aliphatic heterocycles. The monoisotopic (exact) mass is 391 g/mol. The van der Waals surface area contributed by atoms with Gasteiger partial charge in [-0.2, -0.15) is 5.10 Å². The van der Waals surface area contributed by atoms with Crippen LogP contribution in [0.5, 0.6) is 0 Å². The van der Waals surface area contributed by atoms with E-state index in [9.17, 15) is 4.79 Å². The molecule has 0 atom stereocenters. The van der Waals surface area contributed by atoms with Crippen molar-refractivity contribution in [2.75, 3.05) is 26.2 Å². The Balaban J connectivity index is 1.56. The van der Waals surface area contributed by atoms with Crippen LogP contribution in [0.4, 0.5) is 0 Å². The van der Waals surface area contributed by atoms with Crippen LogP contribution in [-0.2, 0) is 7.05 Å². The van der Waals surface area contributed by atoms with Crippen LogP contribution >= 0.6 is 0 Å². The topological polar surface area (TPSA) is 55.1 Å². The minimum atomic E-state index is -0.0875. The number of aryl methyl sites for hydroxylation is 2. The van der Waals surface area contributed by atoms with Crippen molar-refractivity contribution < 1.29 is 4.79 Å². The number of hydrogen-bond donors (Lipinski definition) is 1. The fourth-order valence-corrected chi connectivity index (χ4v) is 3.88. The first kappa shape index (κ1) is 19.5. The maximum atomic E-state index is 13.0. The van der Waals surface area contributed by atoms with Crippen LogP contribution in [0.25, 0.3) is 17.1 Å². The van der Waals surface area contributed by atoms with E-state index < -0.39 is 0 Å². The number of carbonyl (C=O) groups excluding carboxylic acids is 1. The molecule has 0 radical (unpaired) electrons. The first-order chi connectivity index (χ1) is 14.1. The average Bonchev–Trinajstić information content (AvgIpc) is 3.35. The minimum absolute atomic E-state index is 0.0875. The zero-order chi connectivity index (χ0) is 20.2. The second kappa shape index (κ2) is 8.66. The molecule has 1 fully saturated rings. The van der Waals surface area contributed by atoms with Crippen molar-refractivity contribution in [3.8, 4) is 17.1 Å². The molecule has 3 heterocycles. The summed E-state index contributed by atoms with van der Waals surface area (Å²) in [6.45, 7) is 5.87. The van der Waals surface area contributed by atoms with E-state index in [0.29, 0.717) is 12.2 Å². The Hall–Kier alpha value is -2.86. The molecule has 0 spiro atoms. The van der Waals surface area contributed by atoms with Crippen LogP contribution in [0.1, 0.15) is 35.3 Å². The van der Waals surface area contributed by atoms with Crippen molar-refractivity contribution in [2.45, 2.75) is 26.2 Å². The van der Waals surface area contributed by atoms with E-state index in [0.717, 1.165) is 36.7 Å². The summed E-state index contributed by atoms with van der Waals surface area (Å²) in [6, 6.07) is 14.0. The molecule has 1 aliphatic rings. The zero-order valence-electron chi connectivity index (χ0n) is 17.3. The van der Waals surface area contributed by atoms with E-state index in [-0.39, 0.29) is 5.91 Å². The molecule has 0 saturated carbocycles. The Morgan fingerprint density at radius 1 is 1.10 bits per heavy atom. The van der Waals surface area contributed by atoms with Crippen LogP contribution in [0, 0.1) is 6.92 Å². The lowest BCUT2D eigenvalue weighted by Crippen LogP contribution is -2.38. The Labute approximate surface area is 172 Å². The predicted molar refractivity (Wildman–Crippen MR) is 115 cm³/mol. The number of piperidine rings is 1. The standard InChI is InChI=1S/C23H29N5O/c1-18-8-10-19(11-9-18)28-22(17-20(25-28)21-7-6-13-26(21)2)23(29)24-12-16-27-14-4-3-5-15-27/h6-11,13,17H,3-5,12,14-16H2,1-2H3,(H,24,29). The summed E-state index contributed by atoms with van der Waals surface area (Å²) in [5.41, 5.74) is 4.40. The third-order valence-corrected chi connectivity index (χ3v) is 5.59. The lowest BCUT2D eigenvalue weighted by Gasteiger charge is -2.26. The van der Waals surface area contributed by atoms with Crippen molar-refractivity contribution in [3.05, 3.63) is 59.9 Å². The van der Waals surface area contributed by atoms with Gasteiger partial charge in [0.15, 0.2) is 0 Å². The summed E-state index contributed by atoms with van der Waals surface area (Å²) in [6.07, 6.45) is 5.82. The molecule has 152 valence electrons. The maximum Gasteiger partial charge on any atom is 0.270 e. The predicted octanol–water partition coefficient (Wildman–Crippen LogP) is 3.40. The van der Waals surface area contributed by atoms with Crippen molar-refractivity contribution in [3.63, 3.8) is 0 Å². The van der Waals surface area contributed by atoms with Gasteiger partial charge in [0.1, 0.15) is 11.4 Å². The first-order valence-electron chi connectivity index (χ1n) is 10.4. The van der Waals surface area contributed by atoms with Gasteiger partial charge in [0.05, 0.1) is 11.4 Å². The molecule has 1 saturated heterocycles. The second-order valence-corrected chi connectivity index (χ2v) is 7.82. The van der Waals surface area contributed by atoms with Gasteiger partial charge in [-0.05, 0) is 63.2 Å². The van der Waals surface area contributed by atoms with Crippen molar-refractivity contribution in [1.82, 2.24) is 24.6 Å². The van der Waals surface area contributed by atoms with Crippen LogP contribution in [0.15, 0.2) is 48.7 Å². The van der Waals surface area contributed by atoms with E-state index in [1.165, 1.54) is 24.8 Å². The molecular weight excluding hydrogens is 362 g/mol. The molecule has 6 heteroatoms. The Bertz CT molecular complexity index is 964. The van der Waals surface area contributed by atoms with Crippen LogP contribution in [0.2, 0.25) is 0 Å². The van der Waals surface area contributed by atoms with Crippen LogP contribution in [-0.4, -0.2) is 51.3 Å². The molecule has 1 aromatic carbocycles. The normalized spacial score (nSPS) is 14.8. The van der Waals surface area contributed by atoms with Gasteiger partial charge in [-0.25, -0.2) is 4.68 Å². The van der Waals surface area contributed by atoms with Crippen LogP contribution in [0.3, 0.4) is 0 Å². The number of carbonyl (C=O) groups is 1. The molecule has 1 N–H and O–H groups in total. The second-order valence-electron chi connectivity index (χ2n) is 7.82. The highest BCUT2D eigenvalue weighted by Crippen LogP contribution is 2.22. The van der Waals surface area contributed by atoms with Gasteiger partial charge in [0.2, 0.25) is 0 Å². The number of hydrogen-bond acceptors (Lipinski definition) is 3. The van der Waals surface area contributed by atoms with Crippen LogP contribution < -0.4 is 5.32 Å². The van der Waals surface area contributed by atoms with E-state index in [2.05, 4.69) is 17.1 Å². The van der Waals surface area contributed by atoms with E-state index in [1.807, 2.05) is 60.3 Å². The van der Waals surface area contributed by atoms with Gasteiger partial charge in [-0.3, -0.25) is 4.79 Å². The molecule has 1 amide bonds. The fraction of sp³-hybridized carbons (Fsp3) is 0.391. The third kappa shape index (κ3) is 4.43. The highest BCUT2D eigenvalue weighted by Gasteiger charge is 2.19. The molecule has 3 aromatic rings. The smallest absolute Gasteiger partial charge is 0.270 e. The fourth-order valence-electron chi connectivity index (χ4n) is 3.88. The average molecular weight is 392 g/mol. The van der Waals surface area contributed by atoms with Gasteiger partial charge in [0.25, 0.3) is 5.91 Å². The molecular formula is C23H29N5O. The van der Waals surface area contributed by atoms with Gasteiger partial charge in [-0.1, -0.05) is 24.1 Å². The lowest BCUT2D eigenvalue weighted by molar-refractivity contribution is 0.0939. The highest BCUT2D eigenvalue weighted by molar-refractivity contribution is 5.94. The molecule has 0 bridgehead atoms. The summed E-state index contributed by atoms with van der Waals surface area (Å²) < 4.78 is 3.76. The number of benzene rings is 1. The Morgan fingerprint density at radius 2 is 1.86 bits per heavy atom. The molecule has 4 rings (SSSR count). The molecule has 2 aromatic heterocycles. The van der Waals surface area contributed by atoms with E-state index >= 15 is 0 Å². The maximum absolute atomic E-state index is 13.0. The molecule has 29 heavy (non-hydrogen) atoms. The number of amides is 1. The number of nitrogens with zero attached hydrogens (tertiary/aromatic N) is 4. The summed E-state index contributed by atoms with van der Waals surface area (Å²) in [5.74, 6) is -0.0875. The summed E-state index contributed by atoms with van der Waals surface area (Å²) >= 11 is 0.